The smallest absolute Gasteiger partial charge is 0.176 e. The molecule has 4 rings (SSSR count). The monoisotopic (exact) mass is 351 g/mol. The molecule has 5 nitrogen and oxygen atoms in total. The van der Waals surface area contributed by atoms with Gasteiger partial charge in [-0.3, -0.25) is 10.1 Å². The zero-order valence-electron chi connectivity index (χ0n) is 13.3. The van der Waals surface area contributed by atoms with E-state index in [-0.39, 0.29) is 10.8 Å². The van der Waals surface area contributed by atoms with E-state index in [0.29, 0.717) is 5.75 Å². The van der Waals surface area contributed by atoms with Crippen molar-refractivity contribution in [2.45, 2.75) is 0 Å². The quantitative estimate of drug-likeness (QED) is 0.563. The molecule has 0 aliphatic rings. The van der Waals surface area contributed by atoms with Gasteiger partial charge in [0.15, 0.2) is 11.5 Å². The van der Waals surface area contributed by atoms with Crippen LogP contribution in [0.25, 0.3) is 33.2 Å². The van der Waals surface area contributed by atoms with Crippen molar-refractivity contribution >= 4 is 22.5 Å². The molecule has 4 aromatic rings. The number of ether oxygens (including phenoxy) is 1. The number of aromatic hydroxyl groups is 1. The molecule has 124 valence electrons. The lowest BCUT2D eigenvalue weighted by molar-refractivity contribution is 0.374. The summed E-state index contributed by atoms with van der Waals surface area (Å²) in [6, 6.07) is 11.4. The molecule has 2 N–H and O–H groups in total. The molecule has 0 unspecified atom stereocenters. The molecule has 2 aromatic carbocycles. The van der Waals surface area contributed by atoms with E-state index in [2.05, 4.69) is 15.2 Å². The van der Waals surface area contributed by atoms with Crippen molar-refractivity contribution in [3.8, 4) is 33.8 Å². The minimum absolute atomic E-state index is 0.0607. The summed E-state index contributed by atoms with van der Waals surface area (Å²) in [6.07, 6.45) is 5.41. The van der Waals surface area contributed by atoms with Gasteiger partial charge in [0.05, 0.1) is 23.8 Å². The Hall–Kier alpha value is -3.05. The SMILES string of the molecule is COc1cc(-c2ccc3nccc(-c4cn[nH]c4)c3c2)cc(Cl)c1O. The first-order valence-electron chi connectivity index (χ1n) is 7.62. The number of halogens is 1. The third-order valence-electron chi connectivity index (χ3n) is 4.13. The zero-order chi connectivity index (χ0) is 17.4. The zero-order valence-corrected chi connectivity index (χ0v) is 14.1. The first-order valence-corrected chi connectivity index (χ1v) is 8.00. The summed E-state index contributed by atoms with van der Waals surface area (Å²) in [5.74, 6) is 0.276. The van der Waals surface area contributed by atoms with Crippen LogP contribution in [0.1, 0.15) is 0 Å². The lowest BCUT2D eigenvalue weighted by Crippen LogP contribution is -1.88. The third-order valence-corrected chi connectivity index (χ3v) is 4.42. The molecule has 6 heteroatoms. The number of phenols is 1. The Balaban J connectivity index is 1.93. The van der Waals surface area contributed by atoms with Gasteiger partial charge in [-0.05, 0) is 47.0 Å². The molecule has 0 radical (unpaired) electrons. The molecule has 0 saturated carbocycles. The molecule has 0 spiro atoms. The van der Waals surface area contributed by atoms with E-state index < -0.39 is 0 Å². The van der Waals surface area contributed by atoms with Gasteiger partial charge >= 0.3 is 0 Å². The largest absolute Gasteiger partial charge is 0.503 e. The first kappa shape index (κ1) is 15.5. The molecular weight excluding hydrogens is 338 g/mol. The van der Waals surface area contributed by atoms with Crippen molar-refractivity contribution in [3.05, 3.63) is 60.0 Å². The van der Waals surface area contributed by atoms with Crippen molar-refractivity contribution in [1.82, 2.24) is 15.2 Å². The highest BCUT2D eigenvalue weighted by molar-refractivity contribution is 6.32. The highest BCUT2D eigenvalue weighted by Crippen LogP contribution is 2.39. The van der Waals surface area contributed by atoms with Crippen LogP contribution in [0.4, 0.5) is 0 Å². The van der Waals surface area contributed by atoms with Crippen molar-refractivity contribution in [2.75, 3.05) is 7.11 Å². The van der Waals surface area contributed by atoms with Crippen LogP contribution < -0.4 is 4.74 Å². The Bertz CT molecular complexity index is 1060. The molecule has 0 saturated heterocycles. The summed E-state index contributed by atoms with van der Waals surface area (Å²) >= 11 is 6.12. The van der Waals surface area contributed by atoms with Crippen molar-refractivity contribution < 1.29 is 9.84 Å². The van der Waals surface area contributed by atoms with E-state index in [1.165, 1.54) is 7.11 Å². The number of methoxy groups -OCH3 is 1. The van der Waals surface area contributed by atoms with Crippen molar-refractivity contribution in [3.63, 3.8) is 0 Å². The number of hydrogen-bond acceptors (Lipinski definition) is 4. The molecular formula is C19H14ClN3O2. The van der Waals surface area contributed by atoms with Crippen LogP contribution in [0.15, 0.2) is 55.0 Å². The minimum atomic E-state index is -0.0607. The van der Waals surface area contributed by atoms with Gasteiger partial charge in [0.1, 0.15) is 0 Å². The van der Waals surface area contributed by atoms with E-state index >= 15 is 0 Å². The normalized spacial score (nSPS) is 11.0. The van der Waals surface area contributed by atoms with Crippen LogP contribution in [-0.2, 0) is 0 Å². The Labute approximate surface area is 148 Å². The number of aromatic amines is 1. The summed E-state index contributed by atoms with van der Waals surface area (Å²) in [5.41, 5.74) is 4.72. The first-order chi connectivity index (χ1) is 12.2. The predicted molar refractivity (Wildman–Crippen MR) is 98.0 cm³/mol. The van der Waals surface area contributed by atoms with Gasteiger partial charge in [0.2, 0.25) is 0 Å². The molecule has 2 aromatic heterocycles. The number of fused-ring (bicyclic) bond motifs is 1. The van der Waals surface area contributed by atoms with Crippen molar-refractivity contribution in [1.29, 1.82) is 0 Å². The van der Waals surface area contributed by atoms with Gasteiger partial charge in [-0.1, -0.05) is 17.7 Å². The molecule has 25 heavy (non-hydrogen) atoms. The van der Waals surface area contributed by atoms with Gasteiger partial charge in [-0.25, -0.2) is 0 Å². The maximum atomic E-state index is 9.93. The molecule has 0 aliphatic heterocycles. The molecule has 0 bridgehead atoms. The molecule has 0 fully saturated rings. The molecule has 0 amide bonds. The summed E-state index contributed by atoms with van der Waals surface area (Å²) in [4.78, 5) is 4.43. The average Bonchev–Trinajstić information content (AvgIpc) is 3.17. The molecule has 0 atom stereocenters. The number of pyridine rings is 1. The lowest BCUT2D eigenvalue weighted by atomic mass is 9.98. The van der Waals surface area contributed by atoms with Crippen LogP contribution in [0, 0.1) is 0 Å². The Kier molecular flexibility index (Phi) is 3.78. The van der Waals surface area contributed by atoms with Gasteiger partial charge in [-0.2, -0.15) is 5.10 Å². The van der Waals surface area contributed by atoms with Crippen LogP contribution in [-0.4, -0.2) is 27.4 Å². The van der Waals surface area contributed by atoms with Crippen LogP contribution in [0.5, 0.6) is 11.5 Å². The summed E-state index contributed by atoms with van der Waals surface area (Å²) in [6.45, 7) is 0. The van der Waals surface area contributed by atoms with E-state index in [9.17, 15) is 5.11 Å². The number of rotatable bonds is 3. The van der Waals surface area contributed by atoms with Gasteiger partial charge in [0.25, 0.3) is 0 Å². The number of nitrogens with zero attached hydrogens (tertiary/aromatic N) is 2. The van der Waals surface area contributed by atoms with Gasteiger partial charge < -0.3 is 9.84 Å². The Morgan fingerprint density at radius 2 is 1.96 bits per heavy atom. The second kappa shape index (κ2) is 6.11. The summed E-state index contributed by atoms with van der Waals surface area (Å²) in [5, 5.41) is 18.0. The fourth-order valence-corrected chi connectivity index (χ4v) is 3.08. The van der Waals surface area contributed by atoms with E-state index in [4.69, 9.17) is 16.3 Å². The van der Waals surface area contributed by atoms with Crippen molar-refractivity contribution in [2.24, 2.45) is 0 Å². The maximum absolute atomic E-state index is 9.93. The van der Waals surface area contributed by atoms with E-state index in [0.717, 1.165) is 33.2 Å². The number of hydrogen-bond donors (Lipinski definition) is 2. The van der Waals surface area contributed by atoms with E-state index in [1.807, 2.05) is 30.5 Å². The average molecular weight is 352 g/mol. The van der Waals surface area contributed by atoms with Crippen LogP contribution in [0.2, 0.25) is 5.02 Å². The number of benzene rings is 2. The predicted octanol–water partition coefficient (Wildman–Crippen LogP) is 4.66. The maximum Gasteiger partial charge on any atom is 0.176 e. The fraction of sp³-hybridized carbons (Fsp3) is 0.0526. The summed E-state index contributed by atoms with van der Waals surface area (Å²) in [7, 11) is 1.50. The van der Waals surface area contributed by atoms with Gasteiger partial charge in [-0.15, -0.1) is 0 Å². The summed E-state index contributed by atoms with van der Waals surface area (Å²) < 4.78 is 5.20. The molecule has 0 aliphatic carbocycles. The Morgan fingerprint density at radius 1 is 1.08 bits per heavy atom. The van der Waals surface area contributed by atoms with E-state index in [1.54, 1.807) is 24.5 Å². The number of aromatic nitrogens is 3. The lowest BCUT2D eigenvalue weighted by Gasteiger charge is -2.11. The van der Waals surface area contributed by atoms with Gasteiger partial charge in [0, 0.05) is 23.3 Å². The third kappa shape index (κ3) is 2.68. The fourth-order valence-electron chi connectivity index (χ4n) is 2.87. The minimum Gasteiger partial charge on any atom is -0.503 e. The highest BCUT2D eigenvalue weighted by Gasteiger charge is 2.12. The molecule has 2 heterocycles. The van der Waals surface area contributed by atoms with Crippen LogP contribution >= 0.6 is 11.6 Å². The highest BCUT2D eigenvalue weighted by atomic mass is 35.5. The number of phenolic OH excluding ortho intramolecular Hbond substituents is 1. The number of H-pyrrole nitrogens is 1. The Morgan fingerprint density at radius 3 is 2.72 bits per heavy atom. The second-order valence-electron chi connectivity index (χ2n) is 5.59. The number of nitrogens with one attached hydrogen (secondary N) is 1. The second-order valence-corrected chi connectivity index (χ2v) is 5.99. The standard InChI is InChI=1S/C19H14ClN3O2/c1-25-18-8-12(7-16(20)19(18)24)11-2-3-17-15(6-11)14(4-5-21-17)13-9-22-23-10-13/h2-10,24H,1H3,(H,22,23). The van der Waals surface area contributed by atoms with Crippen LogP contribution in [0.3, 0.4) is 0 Å². The topological polar surface area (TPSA) is 71.0 Å².